The second-order valence-corrected chi connectivity index (χ2v) is 5.59. The summed E-state index contributed by atoms with van der Waals surface area (Å²) in [6.07, 6.45) is 3.81. The monoisotopic (exact) mass is 318 g/mol. The molecule has 0 rings (SSSR count). The Morgan fingerprint density at radius 1 is 0.864 bits per heavy atom. The largest absolute Gasteiger partial charge is 0.481 e. The van der Waals surface area contributed by atoms with Gasteiger partial charge in [0.15, 0.2) is 0 Å². The third-order valence-corrected chi connectivity index (χ3v) is 3.68. The number of carbonyl (C=O) groups is 2. The van der Waals surface area contributed by atoms with Gasteiger partial charge >= 0.3 is 11.9 Å². The van der Waals surface area contributed by atoms with Gasteiger partial charge in [0.25, 0.3) is 0 Å². The van der Waals surface area contributed by atoms with Crippen molar-refractivity contribution >= 4 is 11.9 Å². The number of carboxylic acid groups (broad SMARTS) is 2. The highest BCUT2D eigenvalue weighted by molar-refractivity contribution is 5.81. The molecule has 0 aromatic heterocycles. The van der Waals surface area contributed by atoms with E-state index >= 15 is 0 Å². The van der Waals surface area contributed by atoms with E-state index in [-0.39, 0.29) is 26.1 Å². The Hall–Kier alpha value is -1.14. The molecule has 0 aliphatic rings. The molecular weight excluding hydrogens is 288 g/mol. The number of hydrogen-bond acceptors (Lipinski definition) is 4. The van der Waals surface area contributed by atoms with Crippen molar-refractivity contribution in [2.24, 2.45) is 5.41 Å². The SMILES string of the molecule is CCCCOCCC(CCOCCCC)(CC(=O)O)C(=O)O. The van der Waals surface area contributed by atoms with Gasteiger partial charge in [-0.1, -0.05) is 26.7 Å². The summed E-state index contributed by atoms with van der Waals surface area (Å²) in [4.78, 5) is 22.7. The second-order valence-electron chi connectivity index (χ2n) is 5.59. The second kappa shape index (κ2) is 12.4. The molecule has 0 amide bonds. The maximum Gasteiger partial charge on any atom is 0.310 e. The Morgan fingerprint density at radius 3 is 1.64 bits per heavy atom. The average molecular weight is 318 g/mol. The predicted molar refractivity (Wildman–Crippen MR) is 83.0 cm³/mol. The van der Waals surface area contributed by atoms with Crippen LogP contribution in [0.5, 0.6) is 0 Å². The Labute approximate surface area is 132 Å². The number of aliphatic carboxylic acids is 2. The van der Waals surface area contributed by atoms with E-state index < -0.39 is 23.8 Å². The van der Waals surface area contributed by atoms with Gasteiger partial charge in [-0.05, 0) is 25.7 Å². The van der Waals surface area contributed by atoms with Crippen molar-refractivity contribution in [2.45, 2.75) is 58.8 Å². The number of unbranched alkanes of at least 4 members (excludes halogenated alkanes) is 2. The molecule has 0 aromatic carbocycles. The Morgan fingerprint density at radius 2 is 1.32 bits per heavy atom. The maximum atomic E-state index is 11.6. The molecule has 0 fully saturated rings. The van der Waals surface area contributed by atoms with Crippen LogP contribution in [-0.4, -0.2) is 48.6 Å². The van der Waals surface area contributed by atoms with E-state index in [0.717, 1.165) is 25.7 Å². The molecule has 0 aromatic rings. The summed E-state index contributed by atoms with van der Waals surface area (Å²) in [5.74, 6) is -2.20. The van der Waals surface area contributed by atoms with Crippen LogP contribution >= 0.6 is 0 Å². The molecule has 0 heterocycles. The van der Waals surface area contributed by atoms with Crippen molar-refractivity contribution in [1.29, 1.82) is 0 Å². The van der Waals surface area contributed by atoms with Crippen LogP contribution in [0, 0.1) is 5.41 Å². The zero-order valence-corrected chi connectivity index (χ0v) is 13.8. The molecule has 0 saturated carbocycles. The van der Waals surface area contributed by atoms with Crippen LogP contribution in [0.15, 0.2) is 0 Å². The lowest BCUT2D eigenvalue weighted by Crippen LogP contribution is -2.36. The minimum Gasteiger partial charge on any atom is -0.481 e. The van der Waals surface area contributed by atoms with E-state index in [1.165, 1.54) is 0 Å². The Kier molecular flexibility index (Phi) is 11.8. The fourth-order valence-corrected chi connectivity index (χ4v) is 2.11. The number of rotatable bonds is 15. The zero-order chi connectivity index (χ0) is 16.8. The third-order valence-electron chi connectivity index (χ3n) is 3.68. The molecular formula is C16H30O6. The van der Waals surface area contributed by atoms with E-state index in [9.17, 15) is 14.7 Å². The van der Waals surface area contributed by atoms with E-state index in [1.807, 2.05) is 13.8 Å². The van der Waals surface area contributed by atoms with Crippen molar-refractivity contribution in [3.8, 4) is 0 Å². The first-order valence-electron chi connectivity index (χ1n) is 8.09. The third kappa shape index (κ3) is 9.00. The summed E-state index contributed by atoms with van der Waals surface area (Å²) in [7, 11) is 0. The fraction of sp³-hybridized carbons (Fsp3) is 0.875. The van der Waals surface area contributed by atoms with Gasteiger partial charge in [-0.3, -0.25) is 9.59 Å². The van der Waals surface area contributed by atoms with Crippen LogP contribution in [0.4, 0.5) is 0 Å². The van der Waals surface area contributed by atoms with E-state index in [1.54, 1.807) is 0 Å². The summed E-state index contributed by atoms with van der Waals surface area (Å²) < 4.78 is 10.8. The molecule has 0 spiro atoms. The van der Waals surface area contributed by atoms with Gasteiger partial charge in [0.1, 0.15) is 0 Å². The van der Waals surface area contributed by atoms with Gasteiger partial charge in [-0.2, -0.15) is 0 Å². The standard InChI is InChI=1S/C16H30O6/c1-3-5-9-21-11-7-16(15(19)20,13-14(17)18)8-12-22-10-6-4-2/h3-13H2,1-2H3,(H,17,18)(H,19,20). The molecule has 0 saturated heterocycles. The van der Waals surface area contributed by atoms with Gasteiger partial charge in [0.05, 0.1) is 11.8 Å². The molecule has 0 radical (unpaired) electrons. The highest BCUT2D eigenvalue weighted by Gasteiger charge is 2.40. The first-order chi connectivity index (χ1) is 10.5. The smallest absolute Gasteiger partial charge is 0.310 e. The number of hydrogen-bond donors (Lipinski definition) is 2. The fourth-order valence-electron chi connectivity index (χ4n) is 2.11. The lowest BCUT2D eigenvalue weighted by atomic mass is 9.78. The van der Waals surface area contributed by atoms with E-state index in [4.69, 9.17) is 14.6 Å². The van der Waals surface area contributed by atoms with Gasteiger partial charge in [0.2, 0.25) is 0 Å². The minimum atomic E-state index is -1.32. The summed E-state index contributed by atoms with van der Waals surface area (Å²) >= 11 is 0. The minimum absolute atomic E-state index is 0.190. The van der Waals surface area contributed by atoms with Crippen molar-refractivity contribution in [3.05, 3.63) is 0 Å². The van der Waals surface area contributed by atoms with Gasteiger partial charge < -0.3 is 19.7 Å². The number of carboxylic acids is 2. The molecule has 2 N–H and O–H groups in total. The molecule has 0 bridgehead atoms. The highest BCUT2D eigenvalue weighted by Crippen LogP contribution is 2.32. The average Bonchev–Trinajstić information content (AvgIpc) is 2.45. The number of ether oxygens (including phenoxy) is 2. The van der Waals surface area contributed by atoms with Gasteiger partial charge in [-0.15, -0.1) is 0 Å². The zero-order valence-electron chi connectivity index (χ0n) is 13.8. The van der Waals surface area contributed by atoms with Crippen LogP contribution in [0.3, 0.4) is 0 Å². The van der Waals surface area contributed by atoms with Crippen molar-refractivity contribution in [3.63, 3.8) is 0 Å². The van der Waals surface area contributed by atoms with Crippen molar-refractivity contribution < 1.29 is 29.3 Å². The first kappa shape index (κ1) is 20.9. The topological polar surface area (TPSA) is 93.1 Å². The Bertz CT molecular complexity index is 302. The van der Waals surface area contributed by atoms with E-state index in [2.05, 4.69) is 0 Å². The first-order valence-corrected chi connectivity index (χ1v) is 8.09. The van der Waals surface area contributed by atoms with Crippen LogP contribution < -0.4 is 0 Å². The molecule has 0 unspecified atom stereocenters. The molecule has 0 aliphatic heterocycles. The Balaban J connectivity index is 4.49. The molecule has 0 atom stereocenters. The van der Waals surface area contributed by atoms with Crippen molar-refractivity contribution in [2.75, 3.05) is 26.4 Å². The lowest BCUT2D eigenvalue weighted by molar-refractivity contribution is -0.158. The van der Waals surface area contributed by atoms with Crippen LogP contribution in [0.1, 0.15) is 58.8 Å². The van der Waals surface area contributed by atoms with Gasteiger partial charge in [-0.25, -0.2) is 0 Å². The van der Waals surface area contributed by atoms with Gasteiger partial charge in [0, 0.05) is 26.4 Å². The quantitative estimate of drug-likeness (QED) is 0.451. The van der Waals surface area contributed by atoms with E-state index in [0.29, 0.717) is 13.2 Å². The molecule has 6 heteroatoms. The van der Waals surface area contributed by atoms with Crippen molar-refractivity contribution in [1.82, 2.24) is 0 Å². The van der Waals surface area contributed by atoms with Crippen LogP contribution in [0.2, 0.25) is 0 Å². The highest BCUT2D eigenvalue weighted by atomic mass is 16.5. The normalized spacial score (nSPS) is 11.5. The predicted octanol–water partition coefficient (Wildman–Crippen LogP) is 2.95. The maximum absolute atomic E-state index is 11.6. The lowest BCUT2D eigenvalue weighted by Gasteiger charge is -2.27. The summed E-state index contributed by atoms with van der Waals surface area (Å²) in [5, 5.41) is 18.5. The molecule has 0 aliphatic carbocycles. The van der Waals surface area contributed by atoms with Crippen LogP contribution in [0.25, 0.3) is 0 Å². The molecule has 6 nitrogen and oxygen atoms in total. The summed E-state index contributed by atoms with van der Waals surface area (Å²) in [6.45, 7) is 5.76. The molecule has 22 heavy (non-hydrogen) atoms. The summed E-state index contributed by atoms with van der Waals surface area (Å²) in [5.41, 5.74) is -1.32. The van der Waals surface area contributed by atoms with Crippen LogP contribution in [-0.2, 0) is 19.1 Å². The summed E-state index contributed by atoms with van der Waals surface area (Å²) in [6, 6.07) is 0. The molecule has 130 valence electrons.